The van der Waals surface area contributed by atoms with Crippen LogP contribution in [0.3, 0.4) is 0 Å². The Morgan fingerprint density at radius 3 is 2.29 bits per heavy atom. The average Bonchev–Trinajstić information content (AvgIpc) is 3.19. The molecule has 13 heteroatoms. The number of hydrogen-bond acceptors (Lipinski definition) is 8. The summed E-state index contributed by atoms with van der Waals surface area (Å²) in [5, 5.41) is 11.1. The maximum atomic E-state index is 13.0. The van der Waals surface area contributed by atoms with Gasteiger partial charge in [-0.15, -0.1) is 0 Å². The zero-order valence-corrected chi connectivity index (χ0v) is 21.2. The van der Waals surface area contributed by atoms with E-state index in [9.17, 15) is 23.3 Å². The van der Waals surface area contributed by atoms with E-state index in [-0.39, 0.29) is 42.4 Å². The Labute approximate surface area is 206 Å². The van der Waals surface area contributed by atoms with Crippen LogP contribution in [0.25, 0.3) is 10.2 Å². The third-order valence-corrected chi connectivity index (χ3v) is 8.19. The van der Waals surface area contributed by atoms with Crippen molar-refractivity contribution in [3.8, 4) is 0 Å². The molecule has 0 fully saturated rings. The average molecular weight is 523 g/mol. The van der Waals surface area contributed by atoms with Crippen molar-refractivity contribution < 1.29 is 27.6 Å². The Bertz CT molecular complexity index is 1370. The maximum Gasteiger partial charge on any atom is 0.279 e. The molecule has 0 N–H and O–H groups in total. The van der Waals surface area contributed by atoms with Crippen LogP contribution in [0.5, 0.6) is 0 Å². The number of aryl methyl sites for hydroxylation is 1. The molecule has 1 aromatic heterocycles. The molecule has 1 amide bonds. The van der Waals surface area contributed by atoms with E-state index in [1.165, 1.54) is 66.3 Å². The van der Waals surface area contributed by atoms with Crippen LogP contribution in [-0.4, -0.2) is 68.6 Å². The first kappa shape index (κ1) is 26.6. The molecule has 0 radical (unpaired) electrons. The van der Waals surface area contributed by atoms with Gasteiger partial charge in [-0.1, -0.05) is 11.3 Å². The van der Waals surface area contributed by atoms with Gasteiger partial charge in [0.2, 0.25) is 10.0 Å². The van der Waals surface area contributed by atoms with Crippen LogP contribution in [0.15, 0.2) is 52.4 Å². The van der Waals surface area contributed by atoms with Crippen molar-refractivity contribution in [2.45, 2.75) is 18.4 Å². The van der Waals surface area contributed by atoms with Crippen LogP contribution in [-0.2, 0) is 26.0 Å². The molecule has 11 nitrogen and oxygen atoms in total. The van der Waals surface area contributed by atoms with Gasteiger partial charge < -0.3 is 14.0 Å². The minimum atomic E-state index is -3.81. The molecule has 0 saturated carbocycles. The number of carbonyl (C=O) groups excluding carboxylic acids is 1. The number of carbonyl (C=O) groups is 1. The van der Waals surface area contributed by atoms with Crippen LogP contribution >= 0.6 is 11.3 Å². The van der Waals surface area contributed by atoms with Gasteiger partial charge in [0.15, 0.2) is 4.80 Å². The molecule has 188 valence electrons. The molecule has 0 spiro atoms. The van der Waals surface area contributed by atoms with Gasteiger partial charge in [0.05, 0.1) is 33.2 Å². The zero-order chi connectivity index (χ0) is 25.6. The van der Waals surface area contributed by atoms with Crippen LogP contribution in [0.2, 0.25) is 0 Å². The van der Waals surface area contributed by atoms with Crippen LogP contribution in [0, 0.1) is 10.1 Å². The van der Waals surface area contributed by atoms with Gasteiger partial charge in [0.1, 0.15) is 0 Å². The van der Waals surface area contributed by atoms with Gasteiger partial charge in [0.25, 0.3) is 11.6 Å². The first-order valence-corrected chi connectivity index (χ1v) is 12.9. The van der Waals surface area contributed by atoms with Gasteiger partial charge in [-0.25, -0.2) is 8.42 Å². The third kappa shape index (κ3) is 6.00. The number of rotatable bonds is 11. The van der Waals surface area contributed by atoms with E-state index in [4.69, 9.17) is 9.47 Å². The van der Waals surface area contributed by atoms with E-state index in [1.807, 2.05) is 6.92 Å². The second-order valence-electron chi connectivity index (χ2n) is 7.37. The second-order valence-corrected chi connectivity index (χ2v) is 10.3. The van der Waals surface area contributed by atoms with E-state index in [0.29, 0.717) is 16.9 Å². The summed E-state index contributed by atoms with van der Waals surface area (Å²) in [6.45, 7) is 3.11. The van der Waals surface area contributed by atoms with Crippen LogP contribution < -0.4 is 4.80 Å². The molecule has 1 heterocycles. The van der Waals surface area contributed by atoms with E-state index in [0.717, 1.165) is 4.70 Å². The lowest BCUT2D eigenvalue weighted by molar-refractivity contribution is -0.384. The number of benzene rings is 2. The van der Waals surface area contributed by atoms with E-state index < -0.39 is 20.9 Å². The number of non-ortho nitro benzene ring substituents is 1. The fraction of sp³-hybridized carbons (Fsp3) is 0.364. The SMILES string of the molecule is CCn1c(=NC(=O)c2ccc(S(=O)(=O)N(CCOC)CCOC)cc2)sc2ccc([N+](=O)[O-])cc21. The summed E-state index contributed by atoms with van der Waals surface area (Å²) in [4.78, 5) is 28.1. The first-order valence-electron chi connectivity index (χ1n) is 10.7. The number of nitro benzene ring substituents is 1. The van der Waals surface area contributed by atoms with Crippen LogP contribution in [0.4, 0.5) is 5.69 Å². The number of amides is 1. The van der Waals surface area contributed by atoms with Gasteiger partial charge in [-0.3, -0.25) is 14.9 Å². The monoisotopic (exact) mass is 522 g/mol. The highest BCUT2D eigenvalue weighted by molar-refractivity contribution is 7.89. The minimum absolute atomic E-state index is 0.0408. The summed E-state index contributed by atoms with van der Waals surface area (Å²) in [6, 6.07) is 10.1. The summed E-state index contributed by atoms with van der Waals surface area (Å²) in [5.74, 6) is -0.548. The number of nitro groups is 1. The molecule has 0 unspecified atom stereocenters. The van der Waals surface area contributed by atoms with Crippen molar-refractivity contribution in [2.75, 3.05) is 40.5 Å². The Morgan fingerprint density at radius 2 is 1.74 bits per heavy atom. The smallest absolute Gasteiger partial charge is 0.279 e. The summed E-state index contributed by atoms with van der Waals surface area (Å²) in [5.41, 5.74) is 0.791. The van der Waals surface area contributed by atoms with Crippen molar-refractivity contribution >= 4 is 43.2 Å². The van der Waals surface area contributed by atoms with Gasteiger partial charge >= 0.3 is 0 Å². The molecule has 3 aromatic rings. The van der Waals surface area contributed by atoms with Gasteiger partial charge in [-0.05, 0) is 37.3 Å². The molecule has 0 atom stereocenters. The topological polar surface area (TPSA) is 133 Å². The molecular formula is C22H26N4O7S2. The quantitative estimate of drug-likeness (QED) is 0.279. The lowest BCUT2D eigenvalue weighted by atomic mass is 10.2. The largest absolute Gasteiger partial charge is 0.383 e. The molecule has 3 rings (SSSR count). The van der Waals surface area contributed by atoms with Gasteiger partial charge in [0, 0.05) is 51.6 Å². The highest BCUT2D eigenvalue weighted by Gasteiger charge is 2.24. The normalized spacial score (nSPS) is 12.5. The number of ether oxygens (including phenoxy) is 2. The molecular weight excluding hydrogens is 496 g/mol. The number of thiazole rings is 1. The van der Waals surface area contributed by atoms with Crippen molar-refractivity contribution in [3.05, 3.63) is 62.9 Å². The van der Waals surface area contributed by atoms with E-state index >= 15 is 0 Å². The number of aromatic nitrogens is 1. The molecule has 0 bridgehead atoms. The third-order valence-electron chi connectivity index (χ3n) is 5.22. The Balaban J connectivity index is 1.91. The summed E-state index contributed by atoms with van der Waals surface area (Å²) in [6.07, 6.45) is 0. The molecule has 0 aliphatic carbocycles. The standard InChI is InChI=1S/C22H26N4O7S2/c1-4-25-19-15-17(26(28)29)7-10-20(19)34-22(25)23-21(27)16-5-8-18(9-6-16)35(30,31)24(11-13-32-2)12-14-33-3/h5-10,15H,4,11-14H2,1-3H3. The fourth-order valence-corrected chi connectivity index (χ4v) is 5.85. The number of hydrogen-bond donors (Lipinski definition) is 0. The number of fused-ring (bicyclic) bond motifs is 1. The van der Waals surface area contributed by atoms with Gasteiger partial charge in [-0.2, -0.15) is 9.30 Å². The van der Waals surface area contributed by atoms with E-state index in [1.54, 1.807) is 10.6 Å². The maximum absolute atomic E-state index is 13.0. The second kappa shape index (κ2) is 11.6. The number of sulfonamides is 1. The molecule has 2 aromatic carbocycles. The number of nitrogens with zero attached hydrogens (tertiary/aromatic N) is 4. The fourth-order valence-electron chi connectivity index (χ4n) is 3.37. The summed E-state index contributed by atoms with van der Waals surface area (Å²) >= 11 is 1.24. The first-order chi connectivity index (χ1) is 16.7. The molecule has 0 saturated heterocycles. The lowest BCUT2D eigenvalue weighted by Crippen LogP contribution is -2.36. The van der Waals surface area contributed by atoms with Crippen molar-refractivity contribution in [3.63, 3.8) is 0 Å². The predicted molar refractivity (Wildman–Crippen MR) is 131 cm³/mol. The Hall–Kier alpha value is -2.97. The highest BCUT2D eigenvalue weighted by atomic mass is 32.2. The van der Waals surface area contributed by atoms with Crippen molar-refractivity contribution in [1.29, 1.82) is 0 Å². The Kier molecular flexibility index (Phi) is 8.86. The predicted octanol–water partition coefficient (Wildman–Crippen LogP) is 2.66. The lowest BCUT2D eigenvalue weighted by Gasteiger charge is -2.21. The van der Waals surface area contributed by atoms with E-state index in [2.05, 4.69) is 4.99 Å². The highest BCUT2D eigenvalue weighted by Crippen LogP contribution is 2.23. The van der Waals surface area contributed by atoms with Crippen LogP contribution in [0.1, 0.15) is 17.3 Å². The summed E-state index contributed by atoms with van der Waals surface area (Å²) < 4.78 is 39.8. The number of methoxy groups -OCH3 is 2. The minimum Gasteiger partial charge on any atom is -0.383 e. The van der Waals surface area contributed by atoms with Crippen molar-refractivity contribution in [2.24, 2.45) is 4.99 Å². The molecule has 35 heavy (non-hydrogen) atoms. The van der Waals surface area contributed by atoms with Crippen molar-refractivity contribution in [1.82, 2.24) is 8.87 Å². The molecule has 0 aliphatic rings. The zero-order valence-electron chi connectivity index (χ0n) is 19.5. The Morgan fingerprint density at radius 1 is 1.11 bits per heavy atom. The molecule has 0 aliphatic heterocycles. The summed E-state index contributed by atoms with van der Waals surface area (Å²) in [7, 11) is -0.829.